The number of carbonyl (C=O) groups is 1. The SMILES string of the molecule is C/C=C\C(C=O)=C(/C)Cl. The third kappa shape index (κ3) is 3.09. The Labute approximate surface area is 60.0 Å². The molecule has 0 unspecified atom stereocenters. The largest absolute Gasteiger partial charge is 0.298 e. The summed E-state index contributed by atoms with van der Waals surface area (Å²) >= 11 is 5.52. The first kappa shape index (κ1) is 8.44. The fourth-order valence-corrected chi connectivity index (χ4v) is 0.522. The van der Waals surface area contributed by atoms with Crippen LogP contribution in [0.1, 0.15) is 13.8 Å². The molecule has 0 radical (unpaired) electrons. The molecule has 50 valence electrons. The summed E-state index contributed by atoms with van der Waals surface area (Å²) in [5.74, 6) is 0. The first-order valence-corrected chi connectivity index (χ1v) is 3.04. The van der Waals surface area contributed by atoms with E-state index in [0.717, 1.165) is 6.29 Å². The van der Waals surface area contributed by atoms with E-state index in [1.165, 1.54) is 0 Å². The van der Waals surface area contributed by atoms with Crippen LogP contribution in [-0.2, 0) is 4.79 Å². The smallest absolute Gasteiger partial charge is 0.151 e. The minimum Gasteiger partial charge on any atom is -0.298 e. The van der Waals surface area contributed by atoms with Crippen LogP contribution < -0.4 is 0 Å². The van der Waals surface area contributed by atoms with Crippen LogP contribution in [0.15, 0.2) is 22.8 Å². The Hall–Kier alpha value is -0.560. The van der Waals surface area contributed by atoms with E-state index in [1.54, 1.807) is 19.1 Å². The molecule has 0 bridgehead atoms. The number of hydrogen-bond acceptors (Lipinski definition) is 1. The van der Waals surface area contributed by atoms with Crippen molar-refractivity contribution in [1.29, 1.82) is 0 Å². The summed E-state index contributed by atoms with van der Waals surface area (Å²) in [6, 6.07) is 0. The molecule has 0 amide bonds. The number of rotatable bonds is 2. The fourth-order valence-electron chi connectivity index (χ4n) is 0.415. The quantitative estimate of drug-likeness (QED) is 0.330. The van der Waals surface area contributed by atoms with Gasteiger partial charge >= 0.3 is 0 Å². The standard InChI is InChI=1S/C7H9ClO/c1-3-4-7(5-9)6(2)8/h3-5H,1-2H3/b4-3-,7-6-. The highest BCUT2D eigenvalue weighted by molar-refractivity contribution is 6.31. The van der Waals surface area contributed by atoms with Crippen LogP contribution >= 0.6 is 11.6 Å². The second-order valence-corrected chi connectivity index (χ2v) is 2.17. The average molecular weight is 145 g/mol. The van der Waals surface area contributed by atoms with Crippen LogP contribution in [0.5, 0.6) is 0 Å². The molecular weight excluding hydrogens is 136 g/mol. The van der Waals surface area contributed by atoms with Gasteiger partial charge in [0.1, 0.15) is 0 Å². The average Bonchev–Trinajstić information content (AvgIpc) is 1.82. The van der Waals surface area contributed by atoms with Crippen molar-refractivity contribution in [2.75, 3.05) is 0 Å². The summed E-state index contributed by atoms with van der Waals surface area (Å²) < 4.78 is 0. The summed E-state index contributed by atoms with van der Waals surface area (Å²) in [7, 11) is 0. The van der Waals surface area contributed by atoms with Crippen molar-refractivity contribution in [3.8, 4) is 0 Å². The lowest BCUT2D eigenvalue weighted by Crippen LogP contribution is -1.79. The number of allylic oxidation sites excluding steroid dienone is 4. The minimum atomic E-state index is 0.531. The molecule has 0 aromatic rings. The number of hydrogen-bond donors (Lipinski definition) is 0. The summed E-state index contributed by atoms with van der Waals surface area (Å²) in [5, 5.41) is 0.531. The van der Waals surface area contributed by atoms with E-state index in [4.69, 9.17) is 11.6 Å². The van der Waals surface area contributed by atoms with E-state index in [0.29, 0.717) is 10.6 Å². The predicted octanol–water partition coefficient (Wildman–Crippen LogP) is 2.27. The third-order valence-corrected chi connectivity index (χ3v) is 1.09. The highest BCUT2D eigenvalue weighted by Crippen LogP contribution is 2.06. The van der Waals surface area contributed by atoms with E-state index in [1.807, 2.05) is 6.92 Å². The molecule has 0 saturated heterocycles. The molecule has 0 aromatic heterocycles. The van der Waals surface area contributed by atoms with Gasteiger partial charge in [0.05, 0.1) is 0 Å². The predicted molar refractivity (Wildman–Crippen MR) is 39.4 cm³/mol. The lowest BCUT2D eigenvalue weighted by molar-refractivity contribution is -0.104. The van der Waals surface area contributed by atoms with Gasteiger partial charge in [0.25, 0.3) is 0 Å². The van der Waals surface area contributed by atoms with Gasteiger partial charge in [-0.15, -0.1) is 0 Å². The zero-order valence-electron chi connectivity index (χ0n) is 5.52. The molecule has 0 N–H and O–H groups in total. The molecule has 0 aromatic carbocycles. The monoisotopic (exact) mass is 144 g/mol. The van der Waals surface area contributed by atoms with Gasteiger partial charge < -0.3 is 0 Å². The highest BCUT2D eigenvalue weighted by Gasteiger charge is 1.90. The Bertz CT molecular complexity index is 152. The molecule has 0 fully saturated rings. The molecule has 9 heavy (non-hydrogen) atoms. The first-order valence-electron chi connectivity index (χ1n) is 2.66. The maximum Gasteiger partial charge on any atom is 0.151 e. The molecule has 0 rings (SSSR count). The van der Waals surface area contributed by atoms with Gasteiger partial charge in [0, 0.05) is 10.6 Å². The van der Waals surface area contributed by atoms with Crippen molar-refractivity contribution in [1.82, 2.24) is 0 Å². The van der Waals surface area contributed by atoms with E-state index in [9.17, 15) is 4.79 Å². The van der Waals surface area contributed by atoms with Gasteiger partial charge in [-0.05, 0) is 13.8 Å². The lowest BCUT2D eigenvalue weighted by Gasteiger charge is -1.88. The van der Waals surface area contributed by atoms with Crippen molar-refractivity contribution in [3.63, 3.8) is 0 Å². The van der Waals surface area contributed by atoms with Crippen molar-refractivity contribution in [3.05, 3.63) is 22.8 Å². The van der Waals surface area contributed by atoms with Gasteiger partial charge in [-0.1, -0.05) is 23.8 Å². The molecule has 0 spiro atoms. The second kappa shape index (κ2) is 4.33. The Kier molecular flexibility index (Phi) is 4.06. The number of halogens is 1. The van der Waals surface area contributed by atoms with Gasteiger partial charge in [-0.25, -0.2) is 0 Å². The van der Waals surface area contributed by atoms with Crippen molar-refractivity contribution in [2.45, 2.75) is 13.8 Å². The molecule has 0 aliphatic carbocycles. The fraction of sp³-hybridized carbons (Fsp3) is 0.286. The molecule has 0 atom stereocenters. The van der Waals surface area contributed by atoms with Crippen LogP contribution in [0.2, 0.25) is 0 Å². The third-order valence-electron chi connectivity index (χ3n) is 0.871. The second-order valence-electron chi connectivity index (χ2n) is 1.61. The van der Waals surface area contributed by atoms with E-state index in [-0.39, 0.29) is 0 Å². The first-order chi connectivity index (χ1) is 4.22. The van der Waals surface area contributed by atoms with Crippen LogP contribution in [0.4, 0.5) is 0 Å². The molecular formula is C7H9ClO. The molecule has 0 saturated carbocycles. The maximum atomic E-state index is 10.1. The molecule has 0 heterocycles. The number of carbonyl (C=O) groups excluding carboxylic acids is 1. The summed E-state index contributed by atoms with van der Waals surface area (Å²) in [6.45, 7) is 3.52. The van der Waals surface area contributed by atoms with Gasteiger partial charge in [0.2, 0.25) is 0 Å². The Morgan fingerprint density at radius 3 is 2.22 bits per heavy atom. The summed E-state index contributed by atoms with van der Waals surface area (Å²) in [4.78, 5) is 10.1. The zero-order chi connectivity index (χ0) is 7.28. The summed E-state index contributed by atoms with van der Waals surface area (Å²) in [5.41, 5.74) is 0.541. The molecule has 1 nitrogen and oxygen atoms in total. The normalized spacial score (nSPS) is 13.7. The molecule has 0 aliphatic rings. The van der Waals surface area contributed by atoms with Crippen LogP contribution in [0, 0.1) is 0 Å². The van der Waals surface area contributed by atoms with E-state index < -0.39 is 0 Å². The Morgan fingerprint density at radius 1 is 1.56 bits per heavy atom. The van der Waals surface area contributed by atoms with Crippen LogP contribution in [0.25, 0.3) is 0 Å². The highest BCUT2D eigenvalue weighted by atomic mass is 35.5. The van der Waals surface area contributed by atoms with E-state index >= 15 is 0 Å². The minimum absolute atomic E-state index is 0.531. The van der Waals surface area contributed by atoms with Gasteiger partial charge in [-0.3, -0.25) is 4.79 Å². The maximum absolute atomic E-state index is 10.1. The van der Waals surface area contributed by atoms with Crippen molar-refractivity contribution in [2.24, 2.45) is 0 Å². The van der Waals surface area contributed by atoms with E-state index in [2.05, 4.69) is 0 Å². The topological polar surface area (TPSA) is 17.1 Å². The molecule has 2 heteroatoms. The van der Waals surface area contributed by atoms with Gasteiger partial charge in [0.15, 0.2) is 6.29 Å². The van der Waals surface area contributed by atoms with Crippen LogP contribution in [0.3, 0.4) is 0 Å². The lowest BCUT2D eigenvalue weighted by atomic mass is 10.2. The summed E-state index contributed by atoms with van der Waals surface area (Å²) in [6.07, 6.45) is 4.19. The van der Waals surface area contributed by atoms with Crippen molar-refractivity contribution >= 4 is 17.9 Å². The van der Waals surface area contributed by atoms with Crippen molar-refractivity contribution < 1.29 is 4.79 Å². The zero-order valence-corrected chi connectivity index (χ0v) is 6.27. The Balaban J connectivity index is 4.34. The van der Waals surface area contributed by atoms with Crippen LogP contribution in [-0.4, -0.2) is 6.29 Å². The molecule has 0 aliphatic heterocycles. The van der Waals surface area contributed by atoms with Gasteiger partial charge in [-0.2, -0.15) is 0 Å². The number of aldehydes is 1. The Morgan fingerprint density at radius 2 is 2.11 bits per heavy atom.